The van der Waals surface area contributed by atoms with Crippen LogP contribution < -0.4 is 0 Å². The van der Waals surface area contributed by atoms with Crippen molar-refractivity contribution >= 4 is 10.9 Å². The molecule has 2 aromatic heterocycles. The van der Waals surface area contributed by atoms with Gasteiger partial charge in [0.25, 0.3) is 0 Å². The van der Waals surface area contributed by atoms with E-state index in [4.69, 9.17) is 4.98 Å². The highest BCUT2D eigenvalue weighted by Crippen LogP contribution is 2.27. The van der Waals surface area contributed by atoms with Crippen molar-refractivity contribution in [3.8, 4) is 16.9 Å². The number of fused-ring (bicyclic) bond motifs is 1. The zero-order chi connectivity index (χ0) is 14.9. The first-order chi connectivity index (χ1) is 10.8. The lowest BCUT2D eigenvalue weighted by molar-refractivity contribution is 1.06. The number of nitrogens with zero attached hydrogens (tertiary/aromatic N) is 3. The second-order valence-corrected chi connectivity index (χ2v) is 5.33. The maximum Gasteiger partial charge on any atom is 0.0995 e. The molecule has 0 aliphatic rings. The molecule has 0 saturated carbocycles. The van der Waals surface area contributed by atoms with Crippen molar-refractivity contribution in [2.24, 2.45) is 0 Å². The normalized spacial score (nSPS) is 11.0. The van der Waals surface area contributed by atoms with E-state index in [1.807, 2.05) is 54.3 Å². The van der Waals surface area contributed by atoms with E-state index >= 15 is 0 Å². The van der Waals surface area contributed by atoms with Gasteiger partial charge in [-0.2, -0.15) is 0 Å². The molecule has 0 aliphatic carbocycles. The summed E-state index contributed by atoms with van der Waals surface area (Å²) in [7, 11) is 0. The van der Waals surface area contributed by atoms with E-state index in [-0.39, 0.29) is 0 Å². The van der Waals surface area contributed by atoms with Gasteiger partial charge in [-0.1, -0.05) is 42.5 Å². The molecule has 0 spiro atoms. The Labute approximate surface area is 128 Å². The SMILES string of the molecule is Cc1cn(-c2ccccc2-c2ccc3ccccc3n2)cn1. The third-order valence-corrected chi connectivity index (χ3v) is 3.77. The van der Waals surface area contributed by atoms with E-state index < -0.39 is 0 Å². The van der Waals surface area contributed by atoms with Gasteiger partial charge in [0, 0.05) is 17.1 Å². The Hall–Kier alpha value is -2.94. The van der Waals surface area contributed by atoms with Crippen LogP contribution in [0.15, 0.2) is 73.2 Å². The first-order valence-electron chi connectivity index (χ1n) is 7.27. The summed E-state index contributed by atoms with van der Waals surface area (Å²) in [5.74, 6) is 0. The largest absolute Gasteiger partial charge is 0.305 e. The van der Waals surface area contributed by atoms with Crippen molar-refractivity contribution in [2.45, 2.75) is 6.92 Å². The highest BCUT2D eigenvalue weighted by atomic mass is 15.0. The molecule has 0 aliphatic heterocycles. The first kappa shape index (κ1) is 12.8. The summed E-state index contributed by atoms with van der Waals surface area (Å²) >= 11 is 0. The average Bonchev–Trinajstić information content (AvgIpc) is 3.01. The Bertz CT molecular complexity index is 953. The number of para-hydroxylation sites is 2. The summed E-state index contributed by atoms with van der Waals surface area (Å²) in [6, 6.07) is 20.6. The van der Waals surface area contributed by atoms with E-state index in [1.54, 1.807) is 0 Å². The molecule has 0 unspecified atom stereocenters. The van der Waals surface area contributed by atoms with Gasteiger partial charge in [-0.15, -0.1) is 0 Å². The zero-order valence-electron chi connectivity index (χ0n) is 12.3. The Morgan fingerprint density at radius 3 is 2.55 bits per heavy atom. The lowest BCUT2D eigenvalue weighted by Gasteiger charge is -2.10. The predicted molar refractivity (Wildman–Crippen MR) is 89.0 cm³/mol. The van der Waals surface area contributed by atoms with Gasteiger partial charge in [0.15, 0.2) is 0 Å². The van der Waals surface area contributed by atoms with E-state index in [0.717, 1.165) is 33.5 Å². The van der Waals surface area contributed by atoms with Crippen LogP contribution in [0, 0.1) is 6.92 Å². The van der Waals surface area contributed by atoms with Gasteiger partial charge in [0.2, 0.25) is 0 Å². The molecule has 4 rings (SSSR count). The second-order valence-electron chi connectivity index (χ2n) is 5.33. The fourth-order valence-corrected chi connectivity index (χ4v) is 2.68. The monoisotopic (exact) mass is 285 g/mol. The van der Waals surface area contributed by atoms with Crippen LogP contribution in [0.3, 0.4) is 0 Å². The highest BCUT2D eigenvalue weighted by molar-refractivity contribution is 5.82. The zero-order valence-corrected chi connectivity index (χ0v) is 12.3. The summed E-state index contributed by atoms with van der Waals surface area (Å²) in [6.07, 6.45) is 3.87. The molecule has 2 aromatic carbocycles. The number of hydrogen-bond donors (Lipinski definition) is 0. The molecule has 2 heterocycles. The van der Waals surface area contributed by atoms with Crippen molar-refractivity contribution in [1.29, 1.82) is 0 Å². The van der Waals surface area contributed by atoms with Crippen molar-refractivity contribution < 1.29 is 0 Å². The number of rotatable bonds is 2. The first-order valence-corrected chi connectivity index (χ1v) is 7.27. The Morgan fingerprint density at radius 1 is 0.864 bits per heavy atom. The van der Waals surface area contributed by atoms with E-state index in [2.05, 4.69) is 35.3 Å². The lowest BCUT2D eigenvalue weighted by Crippen LogP contribution is -1.95. The predicted octanol–water partition coefficient (Wildman–Crippen LogP) is 4.40. The molecule has 0 N–H and O–H groups in total. The van der Waals surface area contributed by atoms with Crippen LogP contribution >= 0.6 is 0 Å². The summed E-state index contributed by atoms with van der Waals surface area (Å²) in [4.78, 5) is 9.12. The fourth-order valence-electron chi connectivity index (χ4n) is 2.68. The van der Waals surface area contributed by atoms with Gasteiger partial charge in [0.1, 0.15) is 0 Å². The third-order valence-electron chi connectivity index (χ3n) is 3.77. The molecule has 22 heavy (non-hydrogen) atoms. The van der Waals surface area contributed by atoms with Crippen LogP contribution in [-0.4, -0.2) is 14.5 Å². The summed E-state index contributed by atoms with van der Waals surface area (Å²) in [6.45, 7) is 1.99. The average molecular weight is 285 g/mol. The molecule has 4 aromatic rings. The third kappa shape index (κ3) is 2.17. The van der Waals surface area contributed by atoms with E-state index in [1.165, 1.54) is 0 Å². The minimum atomic E-state index is 0.973. The topological polar surface area (TPSA) is 30.7 Å². The number of imidazole rings is 1. The molecular weight excluding hydrogens is 270 g/mol. The Morgan fingerprint density at radius 2 is 1.68 bits per heavy atom. The van der Waals surface area contributed by atoms with Gasteiger partial charge in [-0.25, -0.2) is 9.97 Å². The quantitative estimate of drug-likeness (QED) is 0.546. The lowest BCUT2D eigenvalue weighted by atomic mass is 10.1. The van der Waals surface area contributed by atoms with Crippen molar-refractivity contribution in [1.82, 2.24) is 14.5 Å². The van der Waals surface area contributed by atoms with Gasteiger partial charge in [-0.3, -0.25) is 0 Å². The molecule has 3 nitrogen and oxygen atoms in total. The van der Waals surface area contributed by atoms with Crippen LogP contribution in [0.2, 0.25) is 0 Å². The number of hydrogen-bond acceptors (Lipinski definition) is 2. The summed E-state index contributed by atoms with van der Waals surface area (Å²) in [5, 5.41) is 1.15. The smallest absolute Gasteiger partial charge is 0.0995 e. The number of aryl methyl sites for hydroxylation is 1. The molecular formula is C19H15N3. The number of benzene rings is 2. The van der Waals surface area contributed by atoms with Gasteiger partial charge in [0.05, 0.1) is 28.9 Å². The molecule has 0 atom stereocenters. The van der Waals surface area contributed by atoms with Crippen LogP contribution in [0.4, 0.5) is 0 Å². The van der Waals surface area contributed by atoms with Gasteiger partial charge >= 0.3 is 0 Å². The summed E-state index contributed by atoms with van der Waals surface area (Å²) in [5.41, 5.74) is 5.18. The van der Waals surface area contributed by atoms with Crippen molar-refractivity contribution in [3.63, 3.8) is 0 Å². The van der Waals surface area contributed by atoms with E-state index in [9.17, 15) is 0 Å². The van der Waals surface area contributed by atoms with E-state index in [0.29, 0.717) is 0 Å². The Balaban J connectivity index is 1.91. The van der Waals surface area contributed by atoms with Crippen LogP contribution in [-0.2, 0) is 0 Å². The van der Waals surface area contributed by atoms with Crippen LogP contribution in [0.5, 0.6) is 0 Å². The molecule has 0 fully saturated rings. The molecule has 0 bridgehead atoms. The minimum absolute atomic E-state index is 0.973. The fraction of sp³-hybridized carbons (Fsp3) is 0.0526. The molecule has 106 valence electrons. The Kier molecular flexibility index (Phi) is 2.97. The molecule has 0 amide bonds. The molecule has 3 heteroatoms. The molecule has 0 saturated heterocycles. The van der Waals surface area contributed by atoms with Gasteiger partial charge in [-0.05, 0) is 25.1 Å². The van der Waals surface area contributed by atoms with Gasteiger partial charge < -0.3 is 4.57 Å². The second kappa shape index (κ2) is 5.11. The highest BCUT2D eigenvalue weighted by Gasteiger charge is 2.08. The summed E-state index contributed by atoms with van der Waals surface area (Å²) < 4.78 is 2.04. The van der Waals surface area contributed by atoms with Crippen LogP contribution in [0.25, 0.3) is 27.8 Å². The van der Waals surface area contributed by atoms with Crippen molar-refractivity contribution in [2.75, 3.05) is 0 Å². The standard InChI is InChI=1S/C19H15N3/c1-14-12-22(13-20-14)19-9-5-3-7-16(19)18-11-10-15-6-2-4-8-17(15)21-18/h2-13H,1H3. The van der Waals surface area contributed by atoms with Crippen molar-refractivity contribution in [3.05, 3.63) is 78.9 Å². The molecule has 0 radical (unpaired) electrons. The maximum atomic E-state index is 4.80. The minimum Gasteiger partial charge on any atom is -0.305 e. The number of pyridine rings is 1. The number of aromatic nitrogens is 3. The maximum absolute atomic E-state index is 4.80. The van der Waals surface area contributed by atoms with Crippen LogP contribution in [0.1, 0.15) is 5.69 Å².